The molecule has 0 spiro atoms. The lowest BCUT2D eigenvalue weighted by Gasteiger charge is -2.26. The van der Waals surface area contributed by atoms with E-state index in [2.05, 4.69) is 11.4 Å². The number of carbonyl (C=O) groups is 1. The second-order valence-electron chi connectivity index (χ2n) is 5.53. The fraction of sp³-hybridized carbons (Fsp3) is 0.222. The molecule has 0 aromatic heterocycles. The summed E-state index contributed by atoms with van der Waals surface area (Å²) in [6.45, 7) is 2.37. The van der Waals surface area contributed by atoms with Crippen LogP contribution >= 0.6 is 0 Å². The van der Waals surface area contributed by atoms with E-state index in [0.717, 1.165) is 22.3 Å². The van der Waals surface area contributed by atoms with Gasteiger partial charge < -0.3 is 15.2 Å². The van der Waals surface area contributed by atoms with Gasteiger partial charge in [-0.15, -0.1) is 0 Å². The summed E-state index contributed by atoms with van der Waals surface area (Å²) < 4.78 is 5.68. The van der Waals surface area contributed by atoms with Crippen LogP contribution in [0.15, 0.2) is 36.4 Å². The zero-order valence-electron chi connectivity index (χ0n) is 12.7. The van der Waals surface area contributed by atoms with Crippen LogP contribution < -0.4 is 10.1 Å². The number of hydrogen-bond acceptors (Lipinski definition) is 3. The first-order valence-corrected chi connectivity index (χ1v) is 7.36. The molecule has 0 saturated carbocycles. The van der Waals surface area contributed by atoms with Gasteiger partial charge in [0.25, 0.3) is 0 Å². The quantitative estimate of drug-likeness (QED) is 0.887. The molecule has 2 aromatic rings. The summed E-state index contributed by atoms with van der Waals surface area (Å²) in [7, 11) is 0. The number of benzene rings is 2. The van der Waals surface area contributed by atoms with Gasteiger partial charge in [0.2, 0.25) is 0 Å². The maximum Gasteiger partial charge on any atom is 0.405 e. The van der Waals surface area contributed by atoms with Gasteiger partial charge in [0.15, 0.2) is 0 Å². The summed E-state index contributed by atoms with van der Waals surface area (Å²) in [4.78, 5) is 10.9. The van der Waals surface area contributed by atoms with E-state index in [9.17, 15) is 4.79 Å². The molecule has 1 atom stereocenters. The van der Waals surface area contributed by atoms with Crippen LogP contribution in [0.1, 0.15) is 29.2 Å². The van der Waals surface area contributed by atoms with Gasteiger partial charge in [0, 0.05) is 12.0 Å². The predicted molar refractivity (Wildman–Crippen MR) is 85.3 cm³/mol. The van der Waals surface area contributed by atoms with E-state index in [0.29, 0.717) is 24.3 Å². The van der Waals surface area contributed by atoms with Crippen molar-refractivity contribution in [3.05, 3.63) is 53.1 Å². The number of rotatable bonds is 2. The Hall–Kier alpha value is -3.00. The van der Waals surface area contributed by atoms with E-state index in [1.807, 2.05) is 43.3 Å². The smallest absolute Gasteiger partial charge is 0.405 e. The van der Waals surface area contributed by atoms with Crippen molar-refractivity contribution in [3.63, 3.8) is 0 Å². The standard InChI is InChI=1S/C18H16N2O3/c1-11-2-3-12(8-14(11)10-19)13-4-5-15-16(20-18(21)22)6-7-23-17(15)9-13/h2-5,8-9,16,20H,6-7H2,1H3,(H,21,22). The Labute approximate surface area is 134 Å². The summed E-state index contributed by atoms with van der Waals surface area (Å²) >= 11 is 0. The average molecular weight is 308 g/mol. The number of aryl methyl sites for hydroxylation is 1. The molecule has 1 unspecified atom stereocenters. The van der Waals surface area contributed by atoms with Crippen LogP contribution in [0, 0.1) is 18.3 Å². The molecule has 1 aliphatic heterocycles. The molecule has 0 radical (unpaired) electrons. The topological polar surface area (TPSA) is 82.3 Å². The van der Waals surface area contributed by atoms with Crippen molar-refractivity contribution in [1.29, 1.82) is 5.26 Å². The molecular weight excluding hydrogens is 292 g/mol. The number of fused-ring (bicyclic) bond motifs is 1. The third kappa shape index (κ3) is 2.97. The number of carboxylic acid groups (broad SMARTS) is 1. The monoisotopic (exact) mass is 308 g/mol. The van der Waals surface area contributed by atoms with E-state index < -0.39 is 6.09 Å². The zero-order valence-corrected chi connectivity index (χ0v) is 12.7. The van der Waals surface area contributed by atoms with Crippen LogP contribution in [-0.4, -0.2) is 17.8 Å². The molecule has 2 aromatic carbocycles. The predicted octanol–water partition coefficient (Wildman–Crippen LogP) is 3.62. The molecule has 1 amide bonds. The first-order chi connectivity index (χ1) is 11.1. The van der Waals surface area contributed by atoms with Crippen LogP contribution in [0.5, 0.6) is 5.75 Å². The highest BCUT2D eigenvalue weighted by atomic mass is 16.5. The first kappa shape index (κ1) is 14.9. The largest absolute Gasteiger partial charge is 0.493 e. The normalized spacial score (nSPS) is 15.9. The molecular formula is C18H16N2O3. The summed E-state index contributed by atoms with van der Waals surface area (Å²) in [5.41, 5.74) is 4.31. The highest BCUT2D eigenvalue weighted by Crippen LogP contribution is 2.35. The van der Waals surface area contributed by atoms with Crippen LogP contribution in [-0.2, 0) is 0 Å². The van der Waals surface area contributed by atoms with Gasteiger partial charge in [-0.2, -0.15) is 5.26 Å². The summed E-state index contributed by atoms with van der Waals surface area (Å²) in [5, 5.41) is 20.6. The molecule has 2 N–H and O–H groups in total. The minimum atomic E-state index is -1.04. The third-order valence-electron chi connectivity index (χ3n) is 4.04. The molecule has 0 aliphatic carbocycles. The van der Waals surface area contributed by atoms with Crippen molar-refractivity contribution in [2.24, 2.45) is 0 Å². The fourth-order valence-electron chi connectivity index (χ4n) is 2.79. The molecule has 1 heterocycles. The highest BCUT2D eigenvalue weighted by Gasteiger charge is 2.23. The van der Waals surface area contributed by atoms with Gasteiger partial charge in [0.05, 0.1) is 24.3 Å². The van der Waals surface area contributed by atoms with Crippen molar-refractivity contribution in [1.82, 2.24) is 5.32 Å². The van der Waals surface area contributed by atoms with Crippen molar-refractivity contribution in [2.75, 3.05) is 6.61 Å². The third-order valence-corrected chi connectivity index (χ3v) is 4.04. The molecule has 0 bridgehead atoms. The Morgan fingerprint density at radius 3 is 2.78 bits per heavy atom. The SMILES string of the molecule is Cc1ccc(-c2ccc3c(c2)OCCC3NC(=O)O)cc1C#N. The molecule has 5 nitrogen and oxygen atoms in total. The second kappa shape index (κ2) is 6.01. The Bertz CT molecular complexity index is 808. The van der Waals surface area contributed by atoms with Crippen molar-refractivity contribution in [3.8, 4) is 22.9 Å². The van der Waals surface area contributed by atoms with Crippen LogP contribution in [0.3, 0.4) is 0 Å². The summed E-state index contributed by atoms with van der Waals surface area (Å²) in [5.74, 6) is 0.687. The van der Waals surface area contributed by atoms with E-state index >= 15 is 0 Å². The van der Waals surface area contributed by atoms with E-state index in [1.165, 1.54) is 0 Å². The number of nitrogens with one attached hydrogen (secondary N) is 1. The lowest BCUT2D eigenvalue weighted by Crippen LogP contribution is -2.30. The molecule has 5 heteroatoms. The van der Waals surface area contributed by atoms with Gasteiger partial charge in [-0.05, 0) is 35.7 Å². The van der Waals surface area contributed by atoms with Crippen LogP contribution in [0.4, 0.5) is 4.79 Å². The minimum absolute atomic E-state index is 0.252. The Balaban J connectivity index is 1.98. The summed E-state index contributed by atoms with van der Waals surface area (Å²) in [6.07, 6.45) is -0.425. The molecule has 1 aliphatic rings. The van der Waals surface area contributed by atoms with Gasteiger partial charge in [0.1, 0.15) is 5.75 Å². The Morgan fingerprint density at radius 2 is 2.04 bits per heavy atom. The molecule has 116 valence electrons. The Kier molecular flexibility index (Phi) is 3.90. The number of nitrogens with zero attached hydrogens (tertiary/aromatic N) is 1. The van der Waals surface area contributed by atoms with Crippen molar-refractivity contribution < 1.29 is 14.6 Å². The van der Waals surface area contributed by atoms with E-state index in [4.69, 9.17) is 15.1 Å². The maximum absolute atomic E-state index is 10.9. The molecule has 0 saturated heterocycles. The lowest BCUT2D eigenvalue weighted by atomic mass is 9.95. The van der Waals surface area contributed by atoms with Crippen LogP contribution in [0.25, 0.3) is 11.1 Å². The summed E-state index contributed by atoms with van der Waals surface area (Å²) in [6, 6.07) is 13.4. The van der Waals surface area contributed by atoms with Crippen LogP contribution in [0.2, 0.25) is 0 Å². The average Bonchev–Trinajstić information content (AvgIpc) is 2.54. The van der Waals surface area contributed by atoms with Gasteiger partial charge >= 0.3 is 6.09 Å². The number of ether oxygens (including phenoxy) is 1. The lowest BCUT2D eigenvalue weighted by molar-refractivity contribution is 0.182. The van der Waals surface area contributed by atoms with Gasteiger partial charge in [-0.25, -0.2) is 4.79 Å². The molecule has 23 heavy (non-hydrogen) atoms. The van der Waals surface area contributed by atoms with Gasteiger partial charge in [-0.3, -0.25) is 0 Å². The zero-order chi connectivity index (χ0) is 16.4. The number of nitriles is 1. The second-order valence-corrected chi connectivity index (χ2v) is 5.53. The van der Waals surface area contributed by atoms with E-state index in [-0.39, 0.29) is 6.04 Å². The number of hydrogen-bond donors (Lipinski definition) is 2. The van der Waals surface area contributed by atoms with Gasteiger partial charge in [-0.1, -0.05) is 24.3 Å². The van der Waals surface area contributed by atoms with Crippen molar-refractivity contribution in [2.45, 2.75) is 19.4 Å². The minimum Gasteiger partial charge on any atom is -0.493 e. The van der Waals surface area contributed by atoms with E-state index in [1.54, 1.807) is 0 Å². The maximum atomic E-state index is 10.9. The Morgan fingerprint density at radius 1 is 1.30 bits per heavy atom. The van der Waals surface area contributed by atoms with Crippen molar-refractivity contribution >= 4 is 6.09 Å². The molecule has 3 rings (SSSR count). The molecule has 0 fully saturated rings. The fourth-order valence-corrected chi connectivity index (χ4v) is 2.79. The first-order valence-electron chi connectivity index (χ1n) is 7.36. The highest BCUT2D eigenvalue weighted by molar-refractivity contribution is 5.70. The number of amides is 1.